The first-order valence-electron chi connectivity index (χ1n) is 4.91. The number of benzene rings is 1. The SMILES string of the molecule is CCONC(=O)c1cc2cc(F)ccc2[nH]1. The van der Waals surface area contributed by atoms with Gasteiger partial charge in [-0.05, 0) is 31.2 Å². The second kappa shape index (κ2) is 4.32. The van der Waals surface area contributed by atoms with Crippen LogP contribution in [0.1, 0.15) is 17.4 Å². The van der Waals surface area contributed by atoms with Crippen LogP contribution >= 0.6 is 0 Å². The van der Waals surface area contributed by atoms with Gasteiger partial charge < -0.3 is 4.98 Å². The molecule has 1 aromatic carbocycles. The summed E-state index contributed by atoms with van der Waals surface area (Å²) in [5.74, 6) is -0.707. The van der Waals surface area contributed by atoms with Crippen LogP contribution in [0.25, 0.3) is 10.9 Å². The molecule has 0 aliphatic rings. The van der Waals surface area contributed by atoms with Crippen LogP contribution in [0.5, 0.6) is 0 Å². The van der Waals surface area contributed by atoms with Gasteiger partial charge in [-0.25, -0.2) is 9.87 Å². The molecule has 1 amide bonds. The van der Waals surface area contributed by atoms with Gasteiger partial charge in [-0.1, -0.05) is 0 Å². The minimum Gasteiger partial charge on any atom is -0.350 e. The highest BCUT2D eigenvalue weighted by Gasteiger charge is 2.09. The minimum atomic E-state index is -0.376. The monoisotopic (exact) mass is 222 g/mol. The Bertz CT molecular complexity index is 522. The van der Waals surface area contributed by atoms with Crippen LogP contribution in [0.3, 0.4) is 0 Å². The number of carbonyl (C=O) groups excluding carboxylic acids is 1. The molecule has 0 spiro atoms. The lowest BCUT2D eigenvalue weighted by Crippen LogP contribution is -2.23. The van der Waals surface area contributed by atoms with Gasteiger partial charge >= 0.3 is 0 Å². The van der Waals surface area contributed by atoms with E-state index in [1.807, 2.05) is 0 Å². The van der Waals surface area contributed by atoms with Gasteiger partial charge in [-0.15, -0.1) is 0 Å². The van der Waals surface area contributed by atoms with E-state index in [0.29, 0.717) is 23.2 Å². The zero-order valence-electron chi connectivity index (χ0n) is 8.71. The maximum Gasteiger partial charge on any atom is 0.291 e. The first-order chi connectivity index (χ1) is 7.70. The summed E-state index contributed by atoms with van der Waals surface area (Å²) < 4.78 is 12.9. The minimum absolute atomic E-state index is 0.330. The summed E-state index contributed by atoms with van der Waals surface area (Å²) in [6.07, 6.45) is 0. The van der Waals surface area contributed by atoms with Crippen LogP contribution < -0.4 is 5.48 Å². The van der Waals surface area contributed by atoms with Crippen molar-refractivity contribution in [3.8, 4) is 0 Å². The van der Waals surface area contributed by atoms with Gasteiger partial charge in [0, 0.05) is 10.9 Å². The third-order valence-electron chi connectivity index (χ3n) is 2.14. The summed E-state index contributed by atoms with van der Waals surface area (Å²) >= 11 is 0. The predicted molar refractivity (Wildman–Crippen MR) is 57.3 cm³/mol. The van der Waals surface area contributed by atoms with Crippen molar-refractivity contribution in [3.63, 3.8) is 0 Å². The average molecular weight is 222 g/mol. The molecule has 0 saturated carbocycles. The molecule has 84 valence electrons. The maximum atomic E-state index is 12.9. The smallest absolute Gasteiger partial charge is 0.291 e. The van der Waals surface area contributed by atoms with E-state index >= 15 is 0 Å². The fraction of sp³-hybridized carbons (Fsp3) is 0.182. The zero-order chi connectivity index (χ0) is 11.5. The molecule has 2 rings (SSSR count). The van der Waals surface area contributed by atoms with Gasteiger partial charge in [0.2, 0.25) is 0 Å². The van der Waals surface area contributed by atoms with E-state index in [1.54, 1.807) is 19.1 Å². The molecular weight excluding hydrogens is 211 g/mol. The molecule has 1 aromatic heterocycles. The lowest BCUT2D eigenvalue weighted by molar-refractivity contribution is 0.0360. The number of hydrogen-bond donors (Lipinski definition) is 2. The lowest BCUT2D eigenvalue weighted by atomic mass is 10.2. The van der Waals surface area contributed by atoms with Gasteiger partial charge in [-0.2, -0.15) is 0 Å². The third-order valence-corrected chi connectivity index (χ3v) is 2.14. The van der Waals surface area contributed by atoms with E-state index in [2.05, 4.69) is 10.5 Å². The first kappa shape index (κ1) is 10.6. The Balaban J connectivity index is 2.28. The molecule has 1 heterocycles. The van der Waals surface area contributed by atoms with Crippen molar-refractivity contribution in [2.75, 3.05) is 6.61 Å². The maximum absolute atomic E-state index is 12.9. The number of halogens is 1. The molecule has 0 fully saturated rings. The van der Waals surface area contributed by atoms with Gasteiger partial charge in [0.1, 0.15) is 11.5 Å². The van der Waals surface area contributed by atoms with Crippen LogP contribution in [-0.2, 0) is 4.84 Å². The molecule has 0 aliphatic heterocycles. The van der Waals surface area contributed by atoms with Gasteiger partial charge in [0.25, 0.3) is 5.91 Å². The number of carbonyl (C=O) groups is 1. The van der Waals surface area contributed by atoms with Crippen molar-refractivity contribution in [2.45, 2.75) is 6.92 Å². The molecule has 0 radical (unpaired) electrons. The number of hydrogen-bond acceptors (Lipinski definition) is 2. The Labute approximate surface area is 91.4 Å². The summed E-state index contributed by atoms with van der Waals surface area (Å²) in [5.41, 5.74) is 3.31. The largest absolute Gasteiger partial charge is 0.350 e. The number of aromatic amines is 1. The molecule has 0 atom stereocenters. The van der Waals surface area contributed by atoms with Crippen LogP contribution in [0.2, 0.25) is 0 Å². The molecular formula is C11H11FN2O2. The van der Waals surface area contributed by atoms with Crippen molar-refractivity contribution in [3.05, 3.63) is 35.8 Å². The highest BCUT2D eigenvalue weighted by atomic mass is 19.1. The Hall–Kier alpha value is -1.88. The van der Waals surface area contributed by atoms with Gasteiger partial charge in [0.05, 0.1) is 6.61 Å². The van der Waals surface area contributed by atoms with E-state index in [4.69, 9.17) is 4.84 Å². The highest BCUT2D eigenvalue weighted by molar-refractivity contribution is 5.97. The van der Waals surface area contributed by atoms with Crippen molar-refractivity contribution in [2.24, 2.45) is 0 Å². The summed E-state index contributed by atoms with van der Waals surface area (Å²) in [7, 11) is 0. The summed E-state index contributed by atoms with van der Waals surface area (Å²) in [5, 5.41) is 0.654. The fourth-order valence-electron chi connectivity index (χ4n) is 1.42. The normalized spacial score (nSPS) is 10.6. The fourth-order valence-corrected chi connectivity index (χ4v) is 1.42. The van der Waals surface area contributed by atoms with E-state index in [0.717, 1.165) is 0 Å². The number of hydroxylamine groups is 1. The molecule has 0 bridgehead atoms. The van der Waals surface area contributed by atoms with Crippen LogP contribution in [-0.4, -0.2) is 17.5 Å². The molecule has 5 heteroatoms. The Morgan fingerprint density at radius 2 is 2.31 bits per heavy atom. The molecule has 0 saturated heterocycles. The van der Waals surface area contributed by atoms with Crippen LogP contribution in [0, 0.1) is 5.82 Å². The average Bonchev–Trinajstić information content (AvgIpc) is 2.68. The van der Waals surface area contributed by atoms with Crippen LogP contribution in [0.15, 0.2) is 24.3 Å². The van der Waals surface area contributed by atoms with Gasteiger partial charge in [-0.3, -0.25) is 9.63 Å². The second-order valence-corrected chi connectivity index (χ2v) is 3.28. The van der Waals surface area contributed by atoms with Crippen LogP contribution in [0.4, 0.5) is 4.39 Å². The number of nitrogens with one attached hydrogen (secondary N) is 2. The number of H-pyrrole nitrogens is 1. The number of amides is 1. The molecule has 16 heavy (non-hydrogen) atoms. The molecule has 0 unspecified atom stereocenters. The Morgan fingerprint density at radius 3 is 3.06 bits per heavy atom. The summed E-state index contributed by atoms with van der Waals surface area (Å²) in [6, 6.07) is 5.86. The van der Waals surface area contributed by atoms with E-state index in [1.165, 1.54) is 12.1 Å². The molecule has 2 aromatic rings. The zero-order valence-corrected chi connectivity index (χ0v) is 8.71. The molecule has 0 aliphatic carbocycles. The van der Waals surface area contributed by atoms with Crippen molar-refractivity contribution in [1.82, 2.24) is 10.5 Å². The van der Waals surface area contributed by atoms with Crippen molar-refractivity contribution in [1.29, 1.82) is 0 Å². The number of rotatable bonds is 3. The number of fused-ring (bicyclic) bond motifs is 1. The quantitative estimate of drug-likeness (QED) is 0.780. The summed E-state index contributed by atoms with van der Waals surface area (Å²) in [6.45, 7) is 2.15. The second-order valence-electron chi connectivity index (χ2n) is 3.28. The lowest BCUT2D eigenvalue weighted by Gasteiger charge is -2.00. The summed E-state index contributed by atoms with van der Waals surface area (Å²) in [4.78, 5) is 19.1. The van der Waals surface area contributed by atoms with E-state index < -0.39 is 0 Å². The predicted octanol–water partition coefficient (Wildman–Crippen LogP) is 1.99. The van der Waals surface area contributed by atoms with Crippen molar-refractivity contribution < 1.29 is 14.0 Å². The Morgan fingerprint density at radius 1 is 1.50 bits per heavy atom. The molecule has 4 nitrogen and oxygen atoms in total. The number of aromatic nitrogens is 1. The van der Waals surface area contributed by atoms with E-state index in [9.17, 15) is 9.18 Å². The van der Waals surface area contributed by atoms with E-state index in [-0.39, 0.29) is 11.7 Å². The third kappa shape index (κ3) is 2.04. The first-order valence-corrected chi connectivity index (χ1v) is 4.91. The topological polar surface area (TPSA) is 54.1 Å². The Kier molecular flexibility index (Phi) is 2.87. The molecule has 2 N–H and O–H groups in total. The highest BCUT2D eigenvalue weighted by Crippen LogP contribution is 2.16. The standard InChI is InChI=1S/C11H11FN2O2/c1-2-16-14-11(15)10-6-7-5-8(12)3-4-9(7)13-10/h3-6,13H,2H2,1H3,(H,14,15). The van der Waals surface area contributed by atoms with Crippen molar-refractivity contribution >= 4 is 16.8 Å². The van der Waals surface area contributed by atoms with Gasteiger partial charge in [0.15, 0.2) is 0 Å².